The van der Waals surface area contributed by atoms with Crippen LogP contribution in [0.2, 0.25) is 0 Å². The van der Waals surface area contributed by atoms with Crippen molar-refractivity contribution in [2.24, 2.45) is 0 Å². The number of aromatic nitrogens is 1. The number of anilines is 1. The Bertz CT molecular complexity index is 407. The molecule has 0 aliphatic carbocycles. The minimum Gasteiger partial charge on any atom is -0.383 e. The van der Waals surface area contributed by atoms with E-state index in [1.165, 1.54) is 18.4 Å². The van der Waals surface area contributed by atoms with Gasteiger partial charge in [0.2, 0.25) is 0 Å². The van der Waals surface area contributed by atoms with Crippen LogP contribution in [-0.2, 0) is 11.3 Å². The second kappa shape index (κ2) is 8.32. The molecule has 5 heteroatoms. The van der Waals surface area contributed by atoms with Crippen molar-refractivity contribution in [3.05, 3.63) is 23.9 Å². The highest BCUT2D eigenvalue weighted by molar-refractivity contribution is 5.42. The molecule has 0 radical (unpaired) electrons. The zero-order valence-corrected chi connectivity index (χ0v) is 13.5. The van der Waals surface area contributed by atoms with Crippen LogP contribution in [-0.4, -0.2) is 63.4 Å². The van der Waals surface area contributed by atoms with Gasteiger partial charge in [0.05, 0.1) is 6.61 Å². The van der Waals surface area contributed by atoms with E-state index in [0.29, 0.717) is 6.04 Å². The van der Waals surface area contributed by atoms with Crippen molar-refractivity contribution in [3.63, 3.8) is 0 Å². The molecule has 1 aliphatic rings. The van der Waals surface area contributed by atoms with Gasteiger partial charge in [-0.15, -0.1) is 0 Å². The Kier molecular flexibility index (Phi) is 6.42. The molecule has 1 atom stereocenters. The summed E-state index contributed by atoms with van der Waals surface area (Å²) in [7, 11) is 6.00. The molecule has 1 aliphatic heterocycles. The maximum absolute atomic E-state index is 5.02. The van der Waals surface area contributed by atoms with Crippen LogP contribution in [0.5, 0.6) is 0 Å². The van der Waals surface area contributed by atoms with E-state index in [0.717, 1.165) is 38.6 Å². The van der Waals surface area contributed by atoms with E-state index in [1.54, 1.807) is 7.11 Å². The number of nitrogens with one attached hydrogen (secondary N) is 1. The molecule has 0 amide bonds. The SMILES string of the molecule is COCCNCc1ccc(N2CCCC2CN(C)C)nc1. The lowest BCUT2D eigenvalue weighted by atomic mass is 10.2. The molecule has 5 nitrogen and oxygen atoms in total. The monoisotopic (exact) mass is 292 g/mol. The van der Waals surface area contributed by atoms with Gasteiger partial charge < -0.3 is 19.9 Å². The molecule has 1 N–H and O–H groups in total. The van der Waals surface area contributed by atoms with Gasteiger partial charge in [-0.25, -0.2) is 4.98 Å². The standard InChI is InChI=1S/C16H28N4O/c1-19(2)13-15-5-4-9-20(15)16-7-6-14(12-18-16)11-17-8-10-21-3/h6-7,12,15,17H,4-5,8-11,13H2,1-3H3. The van der Waals surface area contributed by atoms with Gasteiger partial charge in [-0.1, -0.05) is 6.07 Å². The molecular weight excluding hydrogens is 264 g/mol. The molecule has 0 bridgehead atoms. The first-order valence-corrected chi connectivity index (χ1v) is 7.76. The molecule has 118 valence electrons. The van der Waals surface area contributed by atoms with Crippen LogP contribution in [0, 0.1) is 0 Å². The maximum atomic E-state index is 5.02. The molecular formula is C16H28N4O. The summed E-state index contributed by atoms with van der Waals surface area (Å²) < 4.78 is 5.02. The molecule has 1 unspecified atom stereocenters. The first-order chi connectivity index (χ1) is 10.2. The Balaban J connectivity index is 1.88. The third-order valence-electron chi connectivity index (χ3n) is 3.87. The Labute approximate surface area is 128 Å². The normalized spacial score (nSPS) is 18.7. The number of methoxy groups -OCH3 is 1. The van der Waals surface area contributed by atoms with E-state index < -0.39 is 0 Å². The summed E-state index contributed by atoms with van der Waals surface area (Å²) in [5.41, 5.74) is 1.22. The van der Waals surface area contributed by atoms with Crippen LogP contribution in [0.1, 0.15) is 18.4 Å². The van der Waals surface area contributed by atoms with E-state index in [1.807, 2.05) is 6.20 Å². The second-order valence-electron chi connectivity index (χ2n) is 5.95. The first kappa shape index (κ1) is 16.2. The summed E-state index contributed by atoms with van der Waals surface area (Å²) in [6.45, 7) is 4.68. The van der Waals surface area contributed by atoms with Crippen molar-refractivity contribution in [3.8, 4) is 0 Å². The molecule has 0 spiro atoms. The fourth-order valence-electron chi connectivity index (χ4n) is 2.85. The summed E-state index contributed by atoms with van der Waals surface area (Å²) in [5.74, 6) is 1.11. The van der Waals surface area contributed by atoms with E-state index in [-0.39, 0.29) is 0 Å². The molecule has 0 saturated carbocycles. The third-order valence-corrected chi connectivity index (χ3v) is 3.87. The summed E-state index contributed by atoms with van der Waals surface area (Å²) in [5, 5.41) is 3.34. The lowest BCUT2D eigenvalue weighted by molar-refractivity contribution is 0.199. The fraction of sp³-hybridized carbons (Fsp3) is 0.688. The van der Waals surface area contributed by atoms with Crippen LogP contribution in [0.3, 0.4) is 0 Å². The van der Waals surface area contributed by atoms with Gasteiger partial charge in [-0.3, -0.25) is 0 Å². The highest BCUT2D eigenvalue weighted by Gasteiger charge is 2.25. The maximum Gasteiger partial charge on any atom is 0.128 e. The molecule has 1 aromatic rings. The van der Waals surface area contributed by atoms with Crippen molar-refractivity contribution in [2.75, 3.05) is 52.3 Å². The highest BCUT2D eigenvalue weighted by atomic mass is 16.5. The predicted molar refractivity (Wildman–Crippen MR) is 86.7 cm³/mol. The number of likely N-dealkylation sites (N-methyl/N-ethyl adjacent to an activating group) is 1. The summed E-state index contributed by atoms with van der Waals surface area (Å²) in [4.78, 5) is 9.36. The van der Waals surface area contributed by atoms with Crippen LogP contribution >= 0.6 is 0 Å². The van der Waals surface area contributed by atoms with Crippen LogP contribution in [0.15, 0.2) is 18.3 Å². The van der Waals surface area contributed by atoms with Gasteiger partial charge in [0.15, 0.2) is 0 Å². The summed E-state index contributed by atoms with van der Waals surface area (Å²) >= 11 is 0. The zero-order valence-electron chi connectivity index (χ0n) is 13.5. The molecule has 2 rings (SSSR count). The van der Waals surface area contributed by atoms with E-state index in [4.69, 9.17) is 4.74 Å². The molecule has 2 heterocycles. The topological polar surface area (TPSA) is 40.6 Å². The minimum atomic E-state index is 0.596. The van der Waals surface area contributed by atoms with Gasteiger partial charge in [0.1, 0.15) is 5.82 Å². The fourth-order valence-corrected chi connectivity index (χ4v) is 2.85. The van der Waals surface area contributed by atoms with Gasteiger partial charge >= 0.3 is 0 Å². The van der Waals surface area contributed by atoms with Crippen molar-refractivity contribution < 1.29 is 4.74 Å². The molecule has 0 aromatic carbocycles. The van der Waals surface area contributed by atoms with Gasteiger partial charge in [-0.05, 0) is 38.6 Å². The lowest BCUT2D eigenvalue weighted by Crippen LogP contribution is -2.38. The van der Waals surface area contributed by atoms with E-state index in [9.17, 15) is 0 Å². The number of rotatable bonds is 8. The van der Waals surface area contributed by atoms with Gasteiger partial charge in [0.25, 0.3) is 0 Å². The Morgan fingerprint density at radius 1 is 1.43 bits per heavy atom. The lowest BCUT2D eigenvalue weighted by Gasteiger charge is -2.28. The first-order valence-electron chi connectivity index (χ1n) is 7.76. The quantitative estimate of drug-likeness (QED) is 0.733. The van der Waals surface area contributed by atoms with Crippen molar-refractivity contribution in [1.29, 1.82) is 0 Å². The average Bonchev–Trinajstić information content (AvgIpc) is 2.92. The van der Waals surface area contributed by atoms with Crippen LogP contribution < -0.4 is 10.2 Å². The smallest absolute Gasteiger partial charge is 0.128 e. The highest BCUT2D eigenvalue weighted by Crippen LogP contribution is 2.24. The minimum absolute atomic E-state index is 0.596. The number of nitrogens with zero attached hydrogens (tertiary/aromatic N) is 3. The number of pyridine rings is 1. The van der Waals surface area contributed by atoms with Gasteiger partial charge in [-0.2, -0.15) is 0 Å². The molecule has 1 aromatic heterocycles. The largest absolute Gasteiger partial charge is 0.383 e. The number of ether oxygens (including phenoxy) is 1. The molecule has 1 fully saturated rings. The average molecular weight is 292 g/mol. The van der Waals surface area contributed by atoms with Crippen molar-refractivity contribution in [1.82, 2.24) is 15.2 Å². The summed E-state index contributed by atoms with van der Waals surface area (Å²) in [6.07, 6.45) is 4.51. The molecule has 21 heavy (non-hydrogen) atoms. The number of hydrogen-bond donors (Lipinski definition) is 1. The van der Waals surface area contributed by atoms with Crippen LogP contribution in [0.25, 0.3) is 0 Å². The van der Waals surface area contributed by atoms with Crippen molar-refractivity contribution >= 4 is 5.82 Å². The predicted octanol–water partition coefficient (Wildman–Crippen LogP) is 1.35. The molecule has 1 saturated heterocycles. The number of hydrogen-bond acceptors (Lipinski definition) is 5. The van der Waals surface area contributed by atoms with Gasteiger partial charge in [0, 0.05) is 45.5 Å². The zero-order chi connectivity index (χ0) is 15.1. The Hall–Kier alpha value is -1.17. The van der Waals surface area contributed by atoms with Crippen molar-refractivity contribution in [2.45, 2.75) is 25.4 Å². The third kappa shape index (κ3) is 4.95. The Morgan fingerprint density at radius 2 is 2.29 bits per heavy atom. The summed E-state index contributed by atoms with van der Waals surface area (Å²) in [6, 6.07) is 4.92. The Morgan fingerprint density at radius 3 is 2.95 bits per heavy atom. The van der Waals surface area contributed by atoms with E-state index in [2.05, 4.69) is 46.3 Å². The second-order valence-corrected chi connectivity index (χ2v) is 5.95. The van der Waals surface area contributed by atoms with E-state index >= 15 is 0 Å². The van der Waals surface area contributed by atoms with Crippen LogP contribution in [0.4, 0.5) is 5.82 Å².